The molecule has 0 unspecified atom stereocenters. The van der Waals surface area contributed by atoms with Crippen LogP contribution in [0.5, 0.6) is 0 Å². The van der Waals surface area contributed by atoms with Crippen LogP contribution >= 0.6 is 0 Å². The van der Waals surface area contributed by atoms with Gasteiger partial charge in [0.05, 0.1) is 6.04 Å². The molecule has 5 rings (SSSR count). The molecule has 140 valence electrons. The summed E-state index contributed by atoms with van der Waals surface area (Å²) in [6.45, 7) is 2.18. The molecule has 0 bridgehead atoms. The van der Waals surface area contributed by atoms with Crippen molar-refractivity contribution in [1.29, 1.82) is 0 Å². The zero-order chi connectivity index (χ0) is 18.5. The third-order valence-electron chi connectivity index (χ3n) is 5.89. The molecule has 2 aliphatic carbocycles. The molecule has 1 N–H and O–H groups in total. The van der Waals surface area contributed by atoms with Gasteiger partial charge in [-0.3, -0.25) is 9.59 Å². The third-order valence-corrected chi connectivity index (χ3v) is 5.89. The van der Waals surface area contributed by atoms with E-state index >= 15 is 0 Å². The number of hydrogen-bond donors (Lipinski definition) is 1. The minimum absolute atomic E-state index is 0.00301. The Morgan fingerprint density at radius 3 is 2.78 bits per heavy atom. The first-order valence-electron chi connectivity index (χ1n) is 9.64. The average molecular weight is 366 g/mol. The largest absolute Gasteiger partial charge is 0.347 e. The van der Waals surface area contributed by atoms with Crippen molar-refractivity contribution in [3.8, 4) is 11.4 Å². The number of carbonyl (C=O) groups is 2. The van der Waals surface area contributed by atoms with Gasteiger partial charge in [0.2, 0.25) is 23.5 Å². The number of carbonyl (C=O) groups excluding carboxylic acids is 2. The summed E-state index contributed by atoms with van der Waals surface area (Å²) < 4.78 is 5.36. The number of amides is 2. The second-order valence-corrected chi connectivity index (χ2v) is 7.76. The number of likely N-dealkylation sites (tertiary alicyclic amines) is 1. The number of nitrogens with one attached hydrogen (secondary N) is 1. The first-order chi connectivity index (χ1) is 13.1. The minimum atomic E-state index is -0.314. The highest BCUT2D eigenvalue weighted by Crippen LogP contribution is 2.40. The van der Waals surface area contributed by atoms with Crippen molar-refractivity contribution in [1.82, 2.24) is 20.4 Å². The molecule has 27 heavy (non-hydrogen) atoms. The Balaban J connectivity index is 1.30. The molecule has 1 aromatic carbocycles. The number of rotatable bonds is 4. The summed E-state index contributed by atoms with van der Waals surface area (Å²) in [5.41, 5.74) is 3.32. The SMILES string of the molecule is CC(=O)N1CC[C@@H]1C(=O)N[C@@H]1CCc2cc(-c3noc(C4CC4)n3)ccc21. The molecule has 2 fully saturated rings. The molecular weight excluding hydrogens is 344 g/mol. The van der Waals surface area contributed by atoms with Crippen molar-refractivity contribution >= 4 is 11.8 Å². The molecule has 1 saturated carbocycles. The number of aromatic nitrogens is 2. The Hall–Kier alpha value is -2.70. The molecule has 2 heterocycles. The van der Waals surface area contributed by atoms with Crippen molar-refractivity contribution in [2.24, 2.45) is 0 Å². The highest BCUT2D eigenvalue weighted by molar-refractivity contribution is 5.88. The van der Waals surface area contributed by atoms with E-state index in [2.05, 4.69) is 27.6 Å². The molecule has 2 aromatic rings. The number of hydrogen-bond acceptors (Lipinski definition) is 5. The van der Waals surface area contributed by atoms with Crippen molar-refractivity contribution < 1.29 is 14.1 Å². The zero-order valence-corrected chi connectivity index (χ0v) is 15.3. The molecule has 7 heteroatoms. The summed E-state index contributed by atoms with van der Waals surface area (Å²) >= 11 is 0. The van der Waals surface area contributed by atoms with Crippen LogP contribution in [0.3, 0.4) is 0 Å². The second kappa shape index (κ2) is 6.18. The van der Waals surface area contributed by atoms with Crippen molar-refractivity contribution in [3.05, 3.63) is 35.2 Å². The van der Waals surface area contributed by atoms with E-state index in [1.54, 1.807) is 4.90 Å². The van der Waals surface area contributed by atoms with Gasteiger partial charge >= 0.3 is 0 Å². The first-order valence-corrected chi connectivity index (χ1v) is 9.64. The van der Waals surface area contributed by atoms with E-state index in [0.717, 1.165) is 49.1 Å². The average Bonchev–Trinajstić information content (AvgIpc) is 3.20. The van der Waals surface area contributed by atoms with Crippen molar-refractivity contribution in [2.75, 3.05) is 6.54 Å². The van der Waals surface area contributed by atoms with Crippen LogP contribution in [0.25, 0.3) is 11.4 Å². The lowest BCUT2D eigenvalue weighted by molar-refractivity contribution is -0.146. The molecule has 0 spiro atoms. The topological polar surface area (TPSA) is 88.3 Å². The Kier molecular flexibility index (Phi) is 3.77. The number of aryl methyl sites for hydroxylation is 1. The highest BCUT2D eigenvalue weighted by Gasteiger charge is 2.37. The van der Waals surface area contributed by atoms with Gasteiger partial charge in [0.1, 0.15) is 6.04 Å². The number of nitrogens with zero attached hydrogens (tertiary/aromatic N) is 3. The summed E-state index contributed by atoms with van der Waals surface area (Å²) in [6, 6.07) is 5.85. The molecule has 2 atom stereocenters. The molecule has 7 nitrogen and oxygen atoms in total. The molecule has 2 amide bonds. The van der Waals surface area contributed by atoms with E-state index in [0.29, 0.717) is 18.3 Å². The summed E-state index contributed by atoms with van der Waals surface area (Å²) in [6.07, 6.45) is 4.79. The van der Waals surface area contributed by atoms with Crippen LogP contribution in [0, 0.1) is 0 Å². The summed E-state index contributed by atoms with van der Waals surface area (Å²) in [7, 11) is 0. The van der Waals surface area contributed by atoms with Crippen LogP contribution in [-0.4, -0.2) is 39.4 Å². The third kappa shape index (κ3) is 2.91. The van der Waals surface area contributed by atoms with Gasteiger partial charge in [-0.15, -0.1) is 0 Å². The van der Waals surface area contributed by atoms with E-state index in [4.69, 9.17) is 4.52 Å². The lowest BCUT2D eigenvalue weighted by atomic mass is 10.0. The molecule has 1 aliphatic heterocycles. The van der Waals surface area contributed by atoms with E-state index in [1.165, 1.54) is 12.5 Å². The maximum atomic E-state index is 12.5. The van der Waals surface area contributed by atoms with Crippen LogP contribution in [0.2, 0.25) is 0 Å². The van der Waals surface area contributed by atoms with Gasteiger partial charge in [-0.25, -0.2) is 0 Å². The van der Waals surface area contributed by atoms with Gasteiger partial charge in [-0.1, -0.05) is 17.3 Å². The highest BCUT2D eigenvalue weighted by atomic mass is 16.5. The maximum Gasteiger partial charge on any atom is 0.243 e. The maximum absolute atomic E-state index is 12.5. The Morgan fingerprint density at radius 1 is 1.22 bits per heavy atom. The minimum Gasteiger partial charge on any atom is -0.347 e. The van der Waals surface area contributed by atoms with Crippen molar-refractivity contribution in [2.45, 2.75) is 57.0 Å². The first kappa shape index (κ1) is 16.5. The van der Waals surface area contributed by atoms with Gasteiger partial charge < -0.3 is 14.7 Å². The molecular formula is C20H22N4O3. The fourth-order valence-electron chi connectivity index (χ4n) is 4.06. The summed E-state index contributed by atoms with van der Waals surface area (Å²) in [5.74, 6) is 1.74. The van der Waals surface area contributed by atoms with Gasteiger partial charge in [0.15, 0.2) is 0 Å². The molecule has 3 aliphatic rings. The Bertz CT molecular complexity index is 918. The fourth-order valence-corrected chi connectivity index (χ4v) is 4.06. The Morgan fingerprint density at radius 2 is 2.07 bits per heavy atom. The number of fused-ring (bicyclic) bond motifs is 1. The zero-order valence-electron chi connectivity index (χ0n) is 15.3. The molecule has 1 aromatic heterocycles. The normalized spacial score (nSPS) is 23.7. The smallest absolute Gasteiger partial charge is 0.243 e. The van der Waals surface area contributed by atoms with Crippen LogP contribution in [0.4, 0.5) is 0 Å². The van der Waals surface area contributed by atoms with Gasteiger partial charge in [0, 0.05) is 24.9 Å². The van der Waals surface area contributed by atoms with E-state index < -0.39 is 0 Å². The quantitative estimate of drug-likeness (QED) is 0.897. The standard InChI is InChI=1S/C20H22N4O3/c1-11(25)24-9-8-17(24)19(26)21-16-7-5-13-10-14(4-6-15(13)16)18-22-20(27-23-18)12-2-3-12/h4,6,10,12,16-17H,2-3,5,7-9H2,1H3,(H,21,26)/t16-,17-/m1/s1. The predicted molar refractivity (Wildman–Crippen MR) is 96.7 cm³/mol. The van der Waals surface area contributed by atoms with Crippen LogP contribution in [0.15, 0.2) is 22.7 Å². The lowest BCUT2D eigenvalue weighted by Crippen LogP contribution is -2.57. The Labute approximate surface area is 157 Å². The van der Waals surface area contributed by atoms with E-state index in [9.17, 15) is 9.59 Å². The van der Waals surface area contributed by atoms with Crippen molar-refractivity contribution in [3.63, 3.8) is 0 Å². The lowest BCUT2D eigenvalue weighted by Gasteiger charge is -2.39. The summed E-state index contributed by atoms with van der Waals surface area (Å²) in [4.78, 5) is 30.2. The van der Waals surface area contributed by atoms with Crippen LogP contribution in [-0.2, 0) is 16.0 Å². The number of benzene rings is 1. The fraction of sp³-hybridized carbons (Fsp3) is 0.500. The van der Waals surface area contributed by atoms with Crippen LogP contribution in [0.1, 0.15) is 61.6 Å². The second-order valence-electron chi connectivity index (χ2n) is 7.76. The van der Waals surface area contributed by atoms with Crippen LogP contribution < -0.4 is 5.32 Å². The van der Waals surface area contributed by atoms with Gasteiger partial charge in [-0.2, -0.15) is 4.98 Å². The van der Waals surface area contributed by atoms with E-state index in [-0.39, 0.29) is 23.9 Å². The van der Waals surface area contributed by atoms with E-state index in [1.807, 2.05) is 6.07 Å². The molecule has 1 saturated heterocycles. The van der Waals surface area contributed by atoms with Gasteiger partial charge in [0.25, 0.3) is 0 Å². The molecule has 0 radical (unpaired) electrons. The monoisotopic (exact) mass is 366 g/mol. The van der Waals surface area contributed by atoms with Gasteiger partial charge in [-0.05, 0) is 49.3 Å². The summed E-state index contributed by atoms with van der Waals surface area (Å²) in [5, 5.41) is 7.24. The predicted octanol–water partition coefficient (Wildman–Crippen LogP) is 2.34.